The predicted molar refractivity (Wildman–Crippen MR) is 101 cm³/mol. The second kappa shape index (κ2) is 6.41. The summed E-state index contributed by atoms with van der Waals surface area (Å²) in [6.45, 7) is 12.0. The highest BCUT2D eigenvalue weighted by molar-refractivity contribution is 6.30. The number of nitrogens with zero attached hydrogens (tertiary/aromatic N) is 1. The minimum atomic E-state index is 0.528. The van der Waals surface area contributed by atoms with E-state index in [-0.39, 0.29) is 0 Å². The Labute approximate surface area is 144 Å². The lowest BCUT2D eigenvalue weighted by atomic mass is 9.96. The van der Waals surface area contributed by atoms with E-state index >= 15 is 0 Å². The van der Waals surface area contributed by atoms with Crippen molar-refractivity contribution in [2.45, 2.75) is 39.5 Å². The molecule has 1 nitrogen and oxygen atoms in total. The summed E-state index contributed by atoms with van der Waals surface area (Å²) in [6, 6.07) is 12.8. The lowest BCUT2D eigenvalue weighted by Crippen LogP contribution is -2.22. The first-order valence-electron chi connectivity index (χ1n) is 8.31. The van der Waals surface area contributed by atoms with E-state index in [4.69, 9.17) is 11.6 Å². The number of hydrogen-bond donors (Lipinski definition) is 0. The van der Waals surface area contributed by atoms with E-state index in [9.17, 15) is 0 Å². The zero-order valence-corrected chi connectivity index (χ0v) is 15.0. The monoisotopic (exact) mass is 325 g/mol. The van der Waals surface area contributed by atoms with Crippen LogP contribution in [0.3, 0.4) is 0 Å². The van der Waals surface area contributed by atoms with Gasteiger partial charge in [0.2, 0.25) is 0 Å². The molecular formula is C21H24ClN. The SMILES string of the molecule is C=C(c1ccc(C)cc1C)N1CCCC(C)c2cc(Cl)ccc21. The van der Waals surface area contributed by atoms with Gasteiger partial charge in [-0.1, -0.05) is 48.9 Å². The van der Waals surface area contributed by atoms with Crippen LogP contribution in [-0.4, -0.2) is 6.54 Å². The van der Waals surface area contributed by atoms with Crippen molar-refractivity contribution in [3.8, 4) is 0 Å². The Morgan fingerprint density at radius 3 is 2.70 bits per heavy atom. The Bertz CT molecular complexity index is 748. The first kappa shape index (κ1) is 16.1. The van der Waals surface area contributed by atoms with E-state index in [1.165, 1.54) is 34.4 Å². The molecule has 0 aromatic heterocycles. The molecule has 0 bridgehead atoms. The van der Waals surface area contributed by atoms with Gasteiger partial charge in [-0.3, -0.25) is 0 Å². The van der Waals surface area contributed by atoms with Gasteiger partial charge in [0.15, 0.2) is 0 Å². The quantitative estimate of drug-likeness (QED) is 0.623. The van der Waals surface area contributed by atoms with Crippen LogP contribution in [0.5, 0.6) is 0 Å². The van der Waals surface area contributed by atoms with Gasteiger partial charge in [-0.25, -0.2) is 0 Å². The van der Waals surface area contributed by atoms with Crippen molar-refractivity contribution in [1.82, 2.24) is 0 Å². The Hall–Kier alpha value is -1.73. The van der Waals surface area contributed by atoms with Gasteiger partial charge in [0.1, 0.15) is 0 Å². The highest BCUT2D eigenvalue weighted by Crippen LogP contribution is 2.39. The summed E-state index contributed by atoms with van der Waals surface area (Å²) in [7, 11) is 0. The molecule has 1 aliphatic rings. The summed E-state index contributed by atoms with van der Waals surface area (Å²) in [5, 5.41) is 0.814. The van der Waals surface area contributed by atoms with Crippen LogP contribution in [0.15, 0.2) is 43.0 Å². The van der Waals surface area contributed by atoms with Crippen LogP contribution in [0.1, 0.15) is 47.9 Å². The average Bonchev–Trinajstić information content (AvgIpc) is 2.66. The van der Waals surface area contributed by atoms with Crippen molar-refractivity contribution < 1.29 is 0 Å². The minimum Gasteiger partial charge on any atom is -0.341 e. The number of benzene rings is 2. The van der Waals surface area contributed by atoms with Crippen molar-refractivity contribution in [3.05, 3.63) is 70.3 Å². The van der Waals surface area contributed by atoms with Gasteiger partial charge >= 0.3 is 0 Å². The first-order chi connectivity index (χ1) is 11.0. The predicted octanol–water partition coefficient (Wildman–Crippen LogP) is 6.33. The zero-order chi connectivity index (χ0) is 16.6. The maximum Gasteiger partial charge on any atom is 0.0447 e. The fourth-order valence-electron chi connectivity index (χ4n) is 3.56. The number of hydrogen-bond acceptors (Lipinski definition) is 1. The van der Waals surface area contributed by atoms with Crippen LogP contribution in [-0.2, 0) is 0 Å². The largest absolute Gasteiger partial charge is 0.341 e. The molecular weight excluding hydrogens is 302 g/mol. The maximum atomic E-state index is 6.24. The van der Waals surface area contributed by atoms with Gasteiger partial charge < -0.3 is 4.90 Å². The fourth-order valence-corrected chi connectivity index (χ4v) is 3.74. The number of aryl methyl sites for hydroxylation is 2. The first-order valence-corrected chi connectivity index (χ1v) is 8.68. The molecule has 1 aliphatic heterocycles. The minimum absolute atomic E-state index is 0.528. The number of halogens is 1. The molecule has 0 N–H and O–H groups in total. The van der Waals surface area contributed by atoms with Crippen LogP contribution < -0.4 is 4.90 Å². The smallest absolute Gasteiger partial charge is 0.0447 e. The van der Waals surface area contributed by atoms with Gasteiger partial charge in [-0.05, 0) is 61.9 Å². The molecule has 3 rings (SSSR count). The Kier molecular flexibility index (Phi) is 4.50. The van der Waals surface area contributed by atoms with Crippen LogP contribution >= 0.6 is 11.6 Å². The molecule has 2 aromatic carbocycles. The third-order valence-electron chi connectivity index (χ3n) is 4.85. The van der Waals surface area contributed by atoms with Gasteiger partial charge in [0.25, 0.3) is 0 Å². The average molecular weight is 326 g/mol. The van der Waals surface area contributed by atoms with E-state index in [2.05, 4.69) is 62.6 Å². The summed E-state index contributed by atoms with van der Waals surface area (Å²) in [4.78, 5) is 2.37. The lowest BCUT2D eigenvalue weighted by Gasteiger charge is -2.28. The van der Waals surface area contributed by atoms with Crippen LogP contribution in [0.2, 0.25) is 5.02 Å². The van der Waals surface area contributed by atoms with E-state index in [1.807, 2.05) is 6.07 Å². The summed E-state index contributed by atoms with van der Waals surface area (Å²) in [5.74, 6) is 0.528. The van der Waals surface area contributed by atoms with Crippen molar-refractivity contribution in [3.63, 3.8) is 0 Å². The molecule has 0 radical (unpaired) electrons. The third-order valence-corrected chi connectivity index (χ3v) is 5.08. The molecule has 0 saturated heterocycles. The van der Waals surface area contributed by atoms with Crippen LogP contribution in [0, 0.1) is 13.8 Å². The summed E-state index contributed by atoms with van der Waals surface area (Å²) in [5.41, 5.74) is 7.47. The molecule has 2 aromatic rings. The van der Waals surface area contributed by atoms with Gasteiger partial charge in [-0.2, -0.15) is 0 Å². The molecule has 23 heavy (non-hydrogen) atoms. The van der Waals surface area contributed by atoms with Gasteiger partial charge in [0, 0.05) is 28.5 Å². The number of rotatable bonds is 2. The van der Waals surface area contributed by atoms with Crippen molar-refractivity contribution in [2.24, 2.45) is 0 Å². The van der Waals surface area contributed by atoms with Gasteiger partial charge in [0.05, 0.1) is 0 Å². The molecule has 120 valence electrons. The van der Waals surface area contributed by atoms with Crippen LogP contribution in [0.25, 0.3) is 5.70 Å². The molecule has 0 saturated carbocycles. The van der Waals surface area contributed by atoms with E-state index in [0.29, 0.717) is 5.92 Å². The molecule has 0 amide bonds. The van der Waals surface area contributed by atoms with Gasteiger partial charge in [-0.15, -0.1) is 0 Å². The molecule has 1 heterocycles. The van der Waals surface area contributed by atoms with E-state index in [0.717, 1.165) is 23.7 Å². The Balaban J connectivity index is 2.05. The summed E-state index contributed by atoms with van der Waals surface area (Å²) in [6.07, 6.45) is 2.35. The molecule has 0 aliphatic carbocycles. The molecule has 2 heteroatoms. The third kappa shape index (κ3) is 3.16. The fraction of sp³-hybridized carbons (Fsp3) is 0.333. The molecule has 0 spiro atoms. The second-order valence-electron chi connectivity index (χ2n) is 6.66. The Morgan fingerprint density at radius 2 is 1.96 bits per heavy atom. The molecule has 1 unspecified atom stereocenters. The topological polar surface area (TPSA) is 3.24 Å². The van der Waals surface area contributed by atoms with Crippen molar-refractivity contribution >= 4 is 23.0 Å². The zero-order valence-electron chi connectivity index (χ0n) is 14.2. The van der Waals surface area contributed by atoms with E-state index < -0.39 is 0 Å². The standard InChI is InChI=1S/C21H24ClN/c1-14-7-9-19(16(3)12-14)17(4)23-11-5-6-15(2)20-13-18(22)8-10-21(20)23/h7-10,12-13,15H,4-6,11H2,1-3H3. The summed E-state index contributed by atoms with van der Waals surface area (Å²) >= 11 is 6.24. The van der Waals surface area contributed by atoms with Crippen molar-refractivity contribution in [1.29, 1.82) is 0 Å². The second-order valence-corrected chi connectivity index (χ2v) is 7.10. The highest BCUT2D eigenvalue weighted by Gasteiger charge is 2.23. The molecule has 0 fully saturated rings. The lowest BCUT2D eigenvalue weighted by molar-refractivity contribution is 0.660. The summed E-state index contributed by atoms with van der Waals surface area (Å²) < 4.78 is 0. The number of fused-ring (bicyclic) bond motifs is 1. The van der Waals surface area contributed by atoms with E-state index in [1.54, 1.807) is 0 Å². The number of anilines is 1. The normalized spacial score (nSPS) is 17.6. The molecule has 1 atom stereocenters. The van der Waals surface area contributed by atoms with Crippen LogP contribution in [0.4, 0.5) is 5.69 Å². The Morgan fingerprint density at radius 1 is 1.17 bits per heavy atom. The van der Waals surface area contributed by atoms with Crippen molar-refractivity contribution in [2.75, 3.05) is 11.4 Å². The highest BCUT2D eigenvalue weighted by atomic mass is 35.5. The maximum absolute atomic E-state index is 6.24.